The zero-order chi connectivity index (χ0) is 28.4. The van der Waals surface area contributed by atoms with Gasteiger partial charge < -0.3 is 14.5 Å². The summed E-state index contributed by atoms with van der Waals surface area (Å²) < 4.78 is 38.2. The van der Waals surface area contributed by atoms with Gasteiger partial charge in [-0.05, 0) is 66.2 Å². The molecule has 2 N–H and O–H groups in total. The maximum Gasteiger partial charge on any atom is 0.264 e. The maximum atomic E-state index is 13.3. The Balaban J connectivity index is 1.33. The fourth-order valence-electron chi connectivity index (χ4n) is 3.47. The molecule has 0 radical (unpaired) electrons. The Hall–Kier alpha value is -4.61. The van der Waals surface area contributed by atoms with E-state index in [1.165, 1.54) is 30.7 Å². The molecule has 0 aliphatic rings. The third-order valence-corrected chi connectivity index (χ3v) is 7.53. The molecule has 12 heteroatoms. The van der Waals surface area contributed by atoms with E-state index in [0.29, 0.717) is 17.1 Å². The van der Waals surface area contributed by atoms with Crippen LogP contribution in [0, 0.1) is 0 Å². The standard InChI is InChI=1S/C28H25ClN4O6S/c29-25-10-4-5-11-26(25)33(40(36,37)24-8-2-1-3-9-24)19-27(34)32-31-17-21-12-14-22(15-13-21)39-20-28(35)30-18-23-7-6-16-38-23/h1-17H,18-20H2,(H,30,35)(H,32,34)/b31-17-. The van der Waals surface area contributed by atoms with Crippen LogP contribution in [0.4, 0.5) is 5.69 Å². The van der Waals surface area contributed by atoms with Gasteiger partial charge in [0.15, 0.2) is 6.61 Å². The predicted octanol–water partition coefficient (Wildman–Crippen LogP) is 3.97. The number of halogens is 1. The average molecular weight is 581 g/mol. The number of amides is 2. The highest BCUT2D eigenvalue weighted by Gasteiger charge is 2.28. The minimum atomic E-state index is -4.09. The average Bonchev–Trinajstić information content (AvgIpc) is 3.49. The Labute approximate surface area is 236 Å². The zero-order valence-electron chi connectivity index (χ0n) is 21.1. The van der Waals surface area contributed by atoms with Crippen molar-refractivity contribution < 1.29 is 27.2 Å². The second kappa shape index (κ2) is 13.5. The topological polar surface area (TPSA) is 130 Å². The lowest BCUT2D eigenvalue weighted by Gasteiger charge is -2.24. The van der Waals surface area contributed by atoms with E-state index in [9.17, 15) is 18.0 Å². The molecule has 3 aromatic carbocycles. The van der Waals surface area contributed by atoms with Gasteiger partial charge in [-0.25, -0.2) is 13.8 Å². The van der Waals surface area contributed by atoms with Gasteiger partial charge in [0.1, 0.15) is 18.1 Å². The van der Waals surface area contributed by atoms with E-state index in [0.717, 1.165) is 4.31 Å². The molecule has 2 amide bonds. The molecule has 0 atom stereocenters. The summed E-state index contributed by atoms with van der Waals surface area (Å²) in [6.45, 7) is -0.449. The highest BCUT2D eigenvalue weighted by molar-refractivity contribution is 7.92. The largest absolute Gasteiger partial charge is 0.484 e. The fourth-order valence-corrected chi connectivity index (χ4v) is 5.22. The summed E-state index contributed by atoms with van der Waals surface area (Å²) in [7, 11) is -4.09. The molecule has 0 fully saturated rings. The molecule has 0 spiro atoms. The van der Waals surface area contributed by atoms with E-state index in [2.05, 4.69) is 15.8 Å². The van der Waals surface area contributed by atoms with Gasteiger partial charge >= 0.3 is 0 Å². The number of nitrogens with one attached hydrogen (secondary N) is 2. The summed E-state index contributed by atoms with van der Waals surface area (Å²) in [4.78, 5) is 24.6. The lowest BCUT2D eigenvalue weighted by molar-refractivity contribution is -0.123. The van der Waals surface area contributed by atoms with Crippen LogP contribution in [0.5, 0.6) is 5.75 Å². The number of carbonyl (C=O) groups is 2. The molecule has 1 aromatic heterocycles. The molecule has 4 aromatic rings. The van der Waals surface area contributed by atoms with Crippen molar-refractivity contribution >= 4 is 45.3 Å². The van der Waals surface area contributed by atoms with Crippen LogP contribution in [0.25, 0.3) is 0 Å². The summed E-state index contributed by atoms with van der Waals surface area (Å²) in [6, 6.07) is 24.3. The summed E-state index contributed by atoms with van der Waals surface area (Å²) in [5.74, 6) is 0.135. The van der Waals surface area contributed by atoms with Crippen LogP contribution in [0.3, 0.4) is 0 Å². The van der Waals surface area contributed by atoms with Gasteiger partial charge in [-0.3, -0.25) is 13.9 Å². The first-order valence-electron chi connectivity index (χ1n) is 12.0. The fraction of sp³-hybridized carbons (Fsp3) is 0.107. The van der Waals surface area contributed by atoms with Crippen molar-refractivity contribution in [3.63, 3.8) is 0 Å². The Morgan fingerprint density at radius 1 is 0.925 bits per heavy atom. The van der Waals surface area contributed by atoms with Crippen molar-refractivity contribution in [3.05, 3.63) is 114 Å². The first-order chi connectivity index (χ1) is 19.3. The highest BCUT2D eigenvalue weighted by atomic mass is 35.5. The quantitative estimate of drug-likeness (QED) is 0.193. The van der Waals surface area contributed by atoms with E-state index >= 15 is 0 Å². The van der Waals surface area contributed by atoms with Crippen LogP contribution < -0.4 is 19.8 Å². The Bertz CT molecular complexity index is 1560. The molecule has 0 bridgehead atoms. The minimum Gasteiger partial charge on any atom is -0.484 e. The maximum absolute atomic E-state index is 13.3. The molecule has 206 valence electrons. The van der Waals surface area contributed by atoms with Gasteiger partial charge in [0.2, 0.25) is 0 Å². The van der Waals surface area contributed by atoms with Crippen molar-refractivity contribution in [2.24, 2.45) is 5.10 Å². The summed E-state index contributed by atoms with van der Waals surface area (Å²) in [5.41, 5.74) is 3.14. The Kier molecular flexibility index (Phi) is 9.55. The van der Waals surface area contributed by atoms with Gasteiger partial charge in [-0.1, -0.05) is 41.9 Å². The van der Waals surface area contributed by atoms with E-state index in [4.69, 9.17) is 20.8 Å². The first kappa shape index (κ1) is 28.4. The van der Waals surface area contributed by atoms with Crippen molar-refractivity contribution in [1.29, 1.82) is 0 Å². The van der Waals surface area contributed by atoms with Crippen LogP contribution in [-0.2, 0) is 26.2 Å². The smallest absolute Gasteiger partial charge is 0.264 e. The molecule has 0 aliphatic heterocycles. The van der Waals surface area contributed by atoms with Crippen LogP contribution in [0.2, 0.25) is 5.02 Å². The molecule has 0 saturated heterocycles. The number of furan rings is 1. The third-order valence-electron chi connectivity index (χ3n) is 5.43. The van der Waals surface area contributed by atoms with E-state index in [1.54, 1.807) is 72.8 Å². The van der Waals surface area contributed by atoms with Gasteiger partial charge in [-0.2, -0.15) is 5.10 Å². The van der Waals surface area contributed by atoms with Gasteiger partial charge in [0.25, 0.3) is 21.8 Å². The van der Waals surface area contributed by atoms with Crippen molar-refractivity contribution in [2.45, 2.75) is 11.4 Å². The molecule has 10 nitrogen and oxygen atoms in total. The molecule has 0 saturated carbocycles. The SMILES string of the molecule is O=C(COc1ccc(/C=N\NC(=O)CN(c2ccccc2Cl)S(=O)(=O)c2ccccc2)cc1)NCc1ccco1. The predicted molar refractivity (Wildman–Crippen MR) is 151 cm³/mol. The number of hydrazone groups is 1. The van der Waals surface area contributed by atoms with Crippen LogP contribution in [-0.4, -0.2) is 39.6 Å². The number of carbonyl (C=O) groups excluding carboxylic acids is 2. The van der Waals surface area contributed by atoms with Crippen molar-refractivity contribution in [2.75, 3.05) is 17.5 Å². The summed E-state index contributed by atoms with van der Waals surface area (Å²) >= 11 is 6.27. The number of hydrogen-bond acceptors (Lipinski definition) is 7. The van der Waals surface area contributed by atoms with Crippen molar-refractivity contribution in [3.8, 4) is 5.75 Å². The highest BCUT2D eigenvalue weighted by Crippen LogP contribution is 2.30. The van der Waals surface area contributed by atoms with Crippen molar-refractivity contribution in [1.82, 2.24) is 10.7 Å². The van der Waals surface area contributed by atoms with E-state index in [-0.39, 0.29) is 34.7 Å². The Morgan fingerprint density at radius 2 is 1.65 bits per heavy atom. The second-order valence-corrected chi connectivity index (χ2v) is 10.6. The first-order valence-corrected chi connectivity index (χ1v) is 13.8. The molecular formula is C28H25ClN4O6S. The van der Waals surface area contributed by atoms with E-state index in [1.807, 2.05) is 0 Å². The van der Waals surface area contributed by atoms with Crippen LogP contribution >= 0.6 is 11.6 Å². The summed E-state index contributed by atoms with van der Waals surface area (Å²) in [6.07, 6.45) is 2.92. The molecule has 0 aliphatic carbocycles. The van der Waals surface area contributed by atoms with Crippen LogP contribution in [0.15, 0.2) is 112 Å². The summed E-state index contributed by atoms with van der Waals surface area (Å²) in [5, 5.41) is 6.78. The monoisotopic (exact) mass is 580 g/mol. The lowest BCUT2D eigenvalue weighted by Crippen LogP contribution is -2.39. The Morgan fingerprint density at radius 3 is 2.35 bits per heavy atom. The number of hydrogen-bond donors (Lipinski definition) is 2. The molecule has 1 heterocycles. The molecule has 4 rings (SSSR count). The normalized spacial score (nSPS) is 11.2. The second-order valence-electron chi connectivity index (χ2n) is 8.28. The van der Waals surface area contributed by atoms with Gasteiger partial charge in [-0.15, -0.1) is 0 Å². The number of rotatable bonds is 12. The number of para-hydroxylation sites is 1. The molecular weight excluding hydrogens is 556 g/mol. The van der Waals surface area contributed by atoms with E-state index < -0.39 is 22.5 Å². The van der Waals surface area contributed by atoms with Gasteiger partial charge in [0.05, 0.1) is 34.6 Å². The minimum absolute atomic E-state index is 0.0172. The number of sulfonamides is 1. The zero-order valence-corrected chi connectivity index (χ0v) is 22.6. The molecule has 0 unspecified atom stereocenters. The van der Waals surface area contributed by atoms with Crippen LogP contribution in [0.1, 0.15) is 11.3 Å². The third kappa shape index (κ3) is 7.71. The number of anilines is 1. The number of benzene rings is 3. The lowest BCUT2D eigenvalue weighted by atomic mass is 10.2. The number of nitrogens with zero attached hydrogens (tertiary/aromatic N) is 2. The number of ether oxygens (including phenoxy) is 1. The van der Waals surface area contributed by atoms with Gasteiger partial charge in [0, 0.05) is 0 Å². The molecule has 40 heavy (non-hydrogen) atoms.